The highest BCUT2D eigenvalue weighted by molar-refractivity contribution is 7.26. The topological polar surface area (TPSA) is 31.2 Å². The summed E-state index contributed by atoms with van der Waals surface area (Å²) >= 11 is 1.87. The molecule has 4 heterocycles. The highest BCUT2D eigenvalue weighted by atomic mass is 32.1. The average molecular weight is 682 g/mol. The Hall–Kier alpha value is -6.62. The van der Waals surface area contributed by atoms with Crippen LogP contribution in [0.2, 0.25) is 0 Å². The van der Waals surface area contributed by atoms with Crippen molar-refractivity contribution >= 4 is 97.2 Å². The van der Waals surface area contributed by atoms with Crippen molar-refractivity contribution in [2.75, 3.05) is 0 Å². The molecule has 12 rings (SSSR count). The zero-order valence-corrected chi connectivity index (χ0v) is 28.6. The minimum absolute atomic E-state index is 0.894. The van der Waals surface area contributed by atoms with Crippen molar-refractivity contribution in [2.45, 2.75) is 0 Å². The van der Waals surface area contributed by atoms with Crippen molar-refractivity contribution in [3.8, 4) is 27.9 Å². The second kappa shape index (κ2) is 10.5. The number of benzene rings is 8. The maximum Gasteiger partial charge on any atom is 0.136 e. The van der Waals surface area contributed by atoms with Crippen molar-refractivity contribution in [1.82, 2.24) is 4.57 Å². The Morgan fingerprint density at radius 3 is 1.50 bits per heavy atom. The number of nitrogens with zero attached hydrogens (tertiary/aromatic N) is 1. The summed E-state index contributed by atoms with van der Waals surface area (Å²) in [6, 6.07) is 58.8. The first-order valence-electron chi connectivity index (χ1n) is 17.6. The van der Waals surface area contributed by atoms with E-state index in [2.05, 4.69) is 144 Å². The molecule has 0 N–H and O–H groups in total. The van der Waals surface area contributed by atoms with E-state index in [1.54, 1.807) is 0 Å². The van der Waals surface area contributed by atoms with Crippen LogP contribution in [0.1, 0.15) is 0 Å². The van der Waals surface area contributed by atoms with Crippen LogP contribution in [-0.2, 0) is 0 Å². The molecule has 52 heavy (non-hydrogen) atoms. The van der Waals surface area contributed by atoms with Gasteiger partial charge in [-0.3, -0.25) is 0 Å². The second-order valence-corrected chi connectivity index (χ2v) is 14.7. The second-order valence-electron chi connectivity index (χ2n) is 13.6. The van der Waals surface area contributed by atoms with Gasteiger partial charge in [0.25, 0.3) is 0 Å². The first-order chi connectivity index (χ1) is 25.8. The maximum atomic E-state index is 6.41. The van der Waals surface area contributed by atoms with Crippen LogP contribution >= 0.6 is 11.3 Å². The number of fused-ring (bicyclic) bond motifs is 12. The van der Waals surface area contributed by atoms with E-state index < -0.39 is 0 Å². The van der Waals surface area contributed by atoms with Crippen molar-refractivity contribution in [3.63, 3.8) is 0 Å². The van der Waals surface area contributed by atoms with Crippen LogP contribution < -0.4 is 0 Å². The molecule has 8 aromatic carbocycles. The van der Waals surface area contributed by atoms with Gasteiger partial charge < -0.3 is 13.4 Å². The molecule has 0 unspecified atom stereocenters. The van der Waals surface area contributed by atoms with Crippen LogP contribution in [0.5, 0.6) is 0 Å². The quantitative estimate of drug-likeness (QED) is 0.186. The molecule has 0 radical (unpaired) electrons. The summed E-state index contributed by atoms with van der Waals surface area (Å²) in [7, 11) is 0. The molecule has 0 saturated heterocycles. The Labute approximate surface area is 301 Å². The molecule has 0 saturated carbocycles. The smallest absolute Gasteiger partial charge is 0.136 e. The number of thiophene rings is 1. The molecule has 3 nitrogen and oxygen atoms in total. The Morgan fingerprint density at radius 2 is 0.885 bits per heavy atom. The molecule has 0 fully saturated rings. The predicted octanol–water partition coefficient (Wildman–Crippen LogP) is 14.3. The average Bonchev–Trinajstić information content (AvgIpc) is 3.96. The Balaban J connectivity index is 1.20. The van der Waals surface area contributed by atoms with Crippen LogP contribution in [0.25, 0.3) is 114 Å². The van der Waals surface area contributed by atoms with Gasteiger partial charge in [0.1, 0.15) is 22.3 Å². The van der Waals surface area contributed by atoms with Crippen LogP contribution in [0.4, 0.5) is 0 Å². The summed E-state index contributed by atoms with van der Waals surface area (Å²) in [5, 5.41) is 9.54. The fourth-order valence-electron chi connectivity index (χ4n) is 8.54. The first-order valence-corrected chi connectivity index (χ1v) is 18.4. The number of furan rings is 2. The zero-order valence-electron chi connectivity index (χ0n) is 27.8. The SMILES string of the molecule is c1ccc2c(c1)oc1cc(-c3cccc4c3c3c(-c5ccc6c(c5)oc5ccccc56)cccc3n4-c3cccc4c3sc3ccccc34)ccc12. The fraction of sp³-hybridized carbons (Fsp3) is 0. The molecule has 12 aromatic rings. The van der Waals surface area contributed by atoms with Gasteiger partial charge in [0.15, 0.2) is 0 Å². The highest BCUT2D eigenvalue weighted by Crippen LogP contribution is 2.46. The van der Waals surface area contributed by atoms with Gasteiger partial charge in [-0.1, -0.05) is 103 Å². The van der Waals surface area contributed by atoms with Gasteiger partial charge in [-0.25, -0.2) is 0 Å². The Morgan fingerprint density at radius 1 is 0.385 bits per heavy atom. The lowest BCUT2D eigenvalue weighted by atomic mass is 9.94. The third-order valence-corrected chi connectivity index (χ3v) is 12.0. The third kappa shape index (κ3) is 3.84. The van der Waals surface area contributed by atoms with Gasteiger partial charge in [-0.15, -0.1) is 11.3 Å². The highest BCUT2D eigenvalue weighted by Gasteiger charge is 2.22. The van der Waals surface area contributed by atoms with E-state index in [9.17, 15) is 0 Å². The molecule has 0 spiro atoms. The van der Waals surface area contributed by atoms with E-state index in [4.69, 9.17) is 8.83 Å². The van der Waals surface area contributed by atoms with Crippen LogP contribution in [0, 0.1) is 0 Å². The van der Waals surface area contributed by atoms with E-state index in [0.717, 1.165) is 55.0 Å². The molecule has 0 amide bonds. The molecular weight excluding hydrogens is 655 g/mol. The Bertz CT molecular complexity index is 3260. The van der Waals surface area contributed by atoms with E-state index >= 15 is 0 Å². The molecule has 0 bridgehead atoms. The lowest BCUT2D eigenvalue weighted by Crippen LogP contribution is -1.94. The molecule has 0 aliphatic carbocycles. The van der Waals surface area contributed by atoms with Gasteiger partial charge >= 0.3 is 0 Å². The molecule has 0 aliphatic heterocycles. The Kier molecular flexibility index (Phi) is 5.65. The van der Waals surface area contributed by atoms with Crippen LogP contribution in [-0.4, -0.2) is 4.57 Å². The van der Waals surface area contributed by atoms with Crippen molar-refractivity contribution in [1.29, 1.82) is 0 Å². The summed E-state index contributed by atoms with van der Waals surface area (Å²) in [5.41, 5.74) is 11.7. The predicted molar refractivity (Wildman–Crippen MR) is 219 cm³/mol. The number of rotatable bonds is 3. The van der Waals surface area contributed by atoms with Crippen LogP contribution in [0.3, 0.4) is 0 Å². The largest absolute Gasteiger partial charge is 0.456 e. The van der Waals surface area contributed by atoms with Gasteiger partial charge in [0.05, 0.1) is 21.4 Å². The normalized spacial score (nSPS) is 12.2. The summed E-state index contributed by atoms with van der Waals surface area (Å²) in [5.74, 6) is 0. The van der Waals surface area contributed by atoms with E-state index in [0.29, 0.717) is 0 Å². The molecule has 242 valence electrons. The molecular formula is C48H27NO2S. The number of para-hydroxylation sites is 2. The van der Waals surface area contributed by atoms with Gasteiger partial charge in [0.2, 0.25) is 0 Å². The minimum Gasteiger partial charge on any atom is -0.456 e. The van der Waals surface area contributed by atoms with Crippen molar-refractivity contribution in [3.05, 3.63) is 164 Å². The number of aromatic nitrogens is 1. The molecule has 4 aromatic heterocycles. The fourth-order valence-corrected chi connectivity index (χ4v) is 9.75. The standard InChI is InChI=1S/C48H27NO2S/c1-4-19-41-32(10-1)34-24-22-28(26-43(34)50-41)30-13-7-16-38-46(30)47-31(29-23-25-35-33-11-2-5-20-42(33)51-44(35)27-29)14-8-17-39(47)49(38)40-18-9-15-37-36-12-3-6-21-45(36)52-48(37)40/h1-27H. The molecule has 4 heteroatoms. The van der Waals surface area contributed by atoms with Crippen molar-refractivity contribution < 1.29 is 8.83 Å². The van der Waals surface area contributed by atoms with E-state index in [1.165, 1.54) is 58.8 Å². The first kappa shape index (κ1) is 28.1. The van der Waals surface area contributed by atoms with E-state index in [1.807, 2.05) is 35.6 Å². The lowest BCUT2D eigenvalue weighted by Gasteiger charge is -2.10. The van der Waals surface area contributed by atoms with Gasteiger partial charge in [0, 0.05) is 47.8 Å². The summed E-state index contributed by atoms with van der Waals surface area (Å²) in [6.45, 7) is 0. The van der Waals surface area contributed by atoms with Gasteiger partial charge in [-0.05, 0) is 82.9 Å². The van der Waals surface area contributed by atoms with E-state index in [-0.39, 0.29) is 0 Å². The maximum absolute atomic E-state index is 6.41. The van der Waals surface area contributed by atoms with Crippen LogP contribution in [0.15, 0.2) is 173 Å². The molecule has 0 atom stereocenters. The van der Waals surface area contributed by atoms with Gasteiger partial charge in [-0.2, -0.15) is 0 Å². The third-order valence-electron chi connectivity index (χ3n) is 10.8. The summed E-state index contributed by atoms with van der Waals surface area (Å²) < 4.78 is 17.9. The minimum atomic E-state index is 0.894. The zero-order chi connectivity index (χ0) is 33.9. The number of hydrogen-bond acceptors (Lipinski definition) is 3. The van der Waals surface area contributed by atoms with Crippen molar-refractivity contribution in [2.24, 2.45) is 0 Å². The summed E-state index contributed by atoms with van der Waals surface area (Å²) in [4.78, 5) is 0. The lowest BCUT2D eigenvalue weighted by molar-refractivity contribution is 0.668. The monoisotopic (exact) mass is 681 g/mol. The molecule has 0 aliphatic rings. The number of hydrogen-bond donors (Lipinski definition) is 0. The summed E-state index contributed by atoms with van der Waals surface area (Å²) in [6.07, 6.45) is 0.